The van der Waals surface area contributed by atoms with Crippen LogP contribution in [0, 0.1) is 6.92 Å². The number of hydrogen-bond donors (Lipinski definition) is 1. The number of carbonyl (C=O) groups is 1. The molecule has 0 fully saturated rings. The molecule has 6 nitrogen and oxygen atoms in total. The summed E-state index contributed by atoms with van der Waals surface area (Å²) in [6.45, 7) is 1.91. The lowest BCUT2D eigenvalue weighted by molar-refractivity contribution is -0.115. The Balaban J connectivity index is 2.24. The first-order valence-electron chi connectivity index (χ1n) is 7.86. The van der Waals surface area contributed by atoms with Gasteiger partial charge in [-0.05, 0) is 30.2 Å². The molecular weight excluding hydrogens is 358 g/mol. The molecule has 26 heavy (non-hydrogen) atoms. The number of rotatable bonds is 7. The first-order chi connectivity index (χ1) is 12.4. The second-order valence-corrected chi connectivity index (χ2v) is 5.95. The van der Waals surface area contributed by atoms with Crippen LogP contribution in [0.15, 0.2) is 24.3 Å². The first-order valence-corrected chi connectivity index (χ1v) is 8.24. The fourth-order valence-electron chi connectivity index (χ4n) is 2.54. The van der Waals surface area contributed by atoms with Crippen LogP contribution in [-0.4, -0.2) is 34.3 Å². The smallest absolute Gasteiger partial charge is 0.228 e. The third-order valence-electron chi connectivity index (χ3n) is 3.94. The average molecular weight is 380 g/mol. The van der Waals surface area contributed by atoms with E-state index in [1.807, 2.05) is 13.0 Å². The van der Waals surface area contributed by atoms with E-state index in [4.69, 9.17) is 30.5 Å². The molecule has 0 aliphatic heterocycles. The van der Waals surface area contributed by atoms with E-state index in [0.717, 1.165) is 11.1 Å². The van der Waals surface area contributed by atoms with Crippen molar-refractivity contribution in [3.05, 3.63) is 40.4 Å². The van der Waals surface area contributed by atoms with Crippen molar-refractivity contribution < 1.29 is 23.7 Å². The summed E-state index contributed by atoms with van der Waals surface area (Å²) in [5.41, 5.74) is 2.25. The van der Waals surface area contributed by atoms with E-state index in [1.165, 1.54) is 14.2 Å². The number of hydrogen-bond acceptors (Lipinski definition) is 5. The molecule has 1 amide bonds. The topological polar surface area (TPSA) is 66.0 Å². The van der Waals surface area contributed by atoms with Gasteiger partial charge in [-0.3, -0.25) is 4.79 Å². The highest BCUT2D eigenvalue weighted by Gasteiger charge is 2.15. The van der Waals surface area contributed by atoms with E-state index in [2.05, 4.69) is 5.32 Å². The summed E-state index contributed by atoms with van der Waals surface area (Å²) in [6, 6.07) is 6.86. The summed E-state index contributed by atoms with van der Waals surface area (Å²) in [5, 5.41) is 3.23. The van der Waals surface area contributed by atoms with Crippen LogP contribution in [0.3, 0.4) is 0 Å². The Kier molecular flexibility index (Phi) is 6.58. The number of anilines is 1. The van der Waals surface area contributed by atoms with Crippen molar-refractivity contribution in [1.82, 2.24) is 0 Å². The first kappa shape index (κ1) is 19.7. The quantitative estimate of drug-likeness (QED) is 0.791. The SMILES string of the molecule is COc1cc(NC(=O)Cc2cc(OC)c(OC)cc2C)c(OC)cc1Cl. The van der Waals surface area contributed by atoms with Crippen LogP contribution in [0.1, 0.15) is 11.1 Å². The number of ether oxygens (including phenoxy) is 4. The number of benzene rings is 2. The molecule has 2 aromatic rings. The summed E-state index contributed by atoms with van der Waals surface area (Å²) < 4.78 is 21.0. The zero-order valence-corrected chi connectivity index (χ0v) is 16.2. The molecule has 7 heteroatoms. The Hall–Kier alpha value is -2.60. The van der Waals surface area contributed by atoms with Gasteiger partial charge in [-0.2, -0.15) is 0 Å². The van der Waals surface area contributed by atoms with E-state index in [1.54, 1.807) is 32.4 Å². The lowest BCUT2D eigenvalue weighted by atomic mass is 10.0. The van der Waals surface area contributed by atoms with Gasteiger partial charge >= 0.3 is 0 Å². The Morgan fingerprint density at radius 3 is 2.04 bits per heavy atom. The highest BCUT2D eigenvalue weighted by molar-refractivity contribution is 6.32. The Labute approximate surface area is 158 Å². The molecule has 0 heterocycles. The Bertz CT molecular complexity index is 807. The summed E-state index contributed by atoms with van der Waals surface area (Å²) in [6.07, 6.45) is 0.167. The van der Waals surface area contributed by atoms with Crippen molar-refractivity contribution in [2.45, 2.75) is 13.3 Å². The highest BCUT2D eigenvalue weighted by atomic mass is 35.5. The number of nitrogens with one attached hydrogen (secondary N) is 1. The van der Waals surface area contributed by atoms with Crippen LogP contribution in [0.4, 0.5) is 5.69 Å². The summed E-state index contributed by atoms with van der Waals surface area (Å²) in [4.78, 5) is 12.5. The number of halogens is 1. The monoisotopic (exact) mass is 379 g/mol. The van der Waals surface area contributed by atoms with E-state index in [0.29, 0.717) is 33.7 Å². The molecule has 0 aliphatic carbocycles. The van der Waals surface area contributed by atoms with Gasteiger partial charge in [-0.15, -0.1) is 0 Å². The maximum Gasteiger partial charge on any atom is 0.228 e. The lowest BCUT2D eigenvalue weighted by Crippen LogP contribution is -2.16. The molecule has 0 atom stereocenters. The minimum atomic E-state index is -0.206. The maximum atomic E-state index is 12.5. The van der Waals surface area contributed by atoms with E-state index in [9.17, 15) is 4.79 Å². The molecule has 0 aromatic heterocycles. The van der Waals surface area contributed by atoms with Crippen LogP contribution in [-0.2, 0) is 11.2 Å². The van der Waals surface area contributed by atoms with E-state index < -0.39 is 0 Å². The van der Waals surface area contributed by atoms with Crippen LogP contribution in [0.5, 0.6) is 23.0 Å². The second-order valence-electron chi connectivity index (χ2n) is 5.55. The predicted molar refractivity (Wildman–Crippen MR) is 101 cm³/mol. The zero-order chi connectivity index (χ0) is 19.3. The second kappa shape index (κ2) is 8.67. The van der Waals surface area contributed by atoms with Crippen molar-refractivity contribution in [3.63, 3.8) is 0 Å². The molecular formula is C19H22ClNO5. The van der Waals surface area contributed by atoms with Crippen LogP contribution < -0.4 is 24.3 Å². The molecule has 0 unspecified atom stereocenters. The summed E-state index contributed by atoms with van der Waals surface area (Å²) in [5.74, 6) is 1.89. The fraction of sp³-hybridized carbons (Fsp3) is 0.316. The number of methoxy groups -OCH3 is 4. The standard InChI is InChI=1S/C19H22ClNO5/c1-11-6-17(25-4)18(26-5)7-12(11)8-19(22)21-14-10-15(23-2)13(20)9-16(14)24-3/h6-7,9-10H,8H2,1-5H3,(H,21,22). The molecule has 0 saturated carbocycles. The Morgan fingerprint density at radius 2 is 1.46 bits per heavy atom. The molecule has 1 N–H and O–H groups in total. The van der Waals surface area contributed by atoms with Gasteiger partial charge in [-0.1, -0.05) is 11.6 Å². The third kappa shape index (κ3) is 4.32. The molecule has 0 spiro atoms. The molecule has 2 rings (SSSR count). The highest BCUT2D eigenvalue weighted by Crippen LogP contribution is 2.36. The average Bonchev–Trinajstić information content (AvgIpc) is 2.63. The number of carbonyl (C=O) groups excluding carboxylic acids is 1. The number of amides is 1. The van der Waals surface area contributed by atoms with Gasteiger partial charge in [0.15, 0.2) is 11.5 Å². The van der Waals surface area contributed by atoms with Crippen molar-refractivity contribution in [2.24, 2.45) is 0 Å². The normalized spacial score (nSPS) is 10.2. The van der Waals surface area contributed by atoms with Gasteiger partial charge in [-0.25, -0.2) is 0 Å². The zero-order valence-electron chi connectivity index (χ0n) is 15.4. The minimum Gasteiger partial charge on any atom is -0.495 e. The molecule has 140 valence electrons. The summed E-state index contributed by atoms with van der Waals surface area (Å²) in [7, 11) is 6.14. The van der Waals surface area contributed by atoms with Crippen LogP contribution in [0.25, 0.3) is 0 Å². The van der Waals surface area contributed by atoms with Crippen LogP contribution >= 0.6 is 11.6 Å². The molecule has 0 saturated heterocycles. The van der Waals surface area contributed by atoms with Gasteiger partial charge in [0.1, 0.15) is 11.5 Å². The Morgan fingerprint density at radius 1 is 0.885 bits per heavy atom. The number of aryl methyl sites for hydroxylation is 1. The van der Waals surface area contributed by atoms with E-state index >= 15 is 0 Å². The van der Waals surface area contributed by atoms with E-state index in [-0.39, 0.29) is 12.3 Å². The van der Waals surface area contributed by atoms with Crippen molar-refractivity contribution in [1.29, 1.82) is 0 Å². The molecule has 0 bridgehead atoms. The minimum absolute atomic E-state index is 0.167. The third-order valence-corrected chi connectivity index (χ3v) is 4.24. The van der Waals surface area contributed by atoms with Crippen molar-refractivity contribution in [3.8, 4) is 23.0 Å². The fourth-order valence-corrected chi connectivity index (χ4v) is 2.77. The molecule has 2 aromatic carbocycles. The van der Waals surface area contributed by atoms with Gasteiger partial charge < -0.3 is 24.3 Å². The van der Waals surface area contributed by atoms with Gasteiger partial charge in [0.25, 0.3) is 0 Å². The van der Waals surface area contributed by atoms with Crippen molar-refractivity contribution in [2.75, 3.05) is 33.8 Å². The molecule has 0 aliphatic rings. The van der Waals surface area contributed by atoms with Gasteiger partial charge in [0.05, 0.1) is 45.6 Å². The van der Waals surface area contributed by atoms with Gasteiger partial charge in [0.2, 0.25) is 5.91 Å². The van der Waals surface area contributed by atoms with Gasteiger partial charge in [0, 0.05) is 12.1 Å². The summed E-state index contributed by atoms with van der Waals surface area (Å²) >= 11 is 6.09. The maximum absolute atomic E-state index is 12.5. The van der Waals surface area contributed by atoms with Crippen LogP contribution in [0.2, 0.25) is 5.02 Å². The predicted octanol–water partition coefficient (Wildman–Crippen LogP) is 3.86. The van der Waals surface area contributed by atoms with Crippen molar-refractivity contribution >= 4 is 23.2 Å². The lowest BCUT2D eigenvalue weighted by Gasteiger charge is -2.15. The largest absolute Gasteiger partial charge is 0.495 e. The molecule has 0 radical (unpaired) electrons.